The minimum atomic E-state index is -1.81. The van der Waals surface area contributed by atoms with Crippen molar-refractivity contribution >= 4 is 30.5 Å². The summed E-state index contributed by atoms with van der Waals surface area (Å²) in [4.78, 5) is 27.8. The Morgan fingerprint density at radius 3 is 2.75 bits per heavy atom. The van der Waals surface area contributed by atoms with Crippen LogP contribution < -0.4 is 15.5 Å². The SMILES string of the molecule is Cc1nn(C)c(Oc2cccnc2)c1NC(=O)c1ccc(B(O)O)c(C=O)c1. The summed E-state index contributed by atoms with van der Waals surface area (Å²) in [5, 5.41) is 25.5. The van der Waals surface area contributed by atoms with Crippen molar-refractivity contribution in [2.24, 2.45) is 7.05 Å². The molecule has 9 nitrogen and oxygen atoms in total. The molecule has 0 saturated heterocycles. The molecule has 0 aliphatic carbocycles. The molecule has 3 aromatic rings. The van der Waals surface area contributed by atoms with Gasteiger partial charge in [-0.05, 0) is 36.7 Å². The molecular weight excluding hydrogens is 363 g/mol. The first-order valence-electron chi connectivity index (χ1n) is 8.28. The van der Waals surface area contributed by atoms with Crippen LogP contribution in [0.15, 0.2) is 42.7 Å². The minimum absolute atomic E-state index is 0.0115. The first kappa shape index (κ1) is 19.3. The van der Waals surface area contributed by atoms with Crippen molar-refractivity contribution in [2.75, 3.05) is 5.32 Å². The van der Waals surface area contributed by atoms with E-state index >= 15 is 0 Å². The fourth-order valence-corrected chi connectivity index (χ4v) is 2.66. The molecule has 2 heterocycles. The van der Waals surface area contributed by atoms with Crippen molar-refractivity contribution in [3.63, 3.8) is 0 Å². The number of anilines is 1. The lowest BCUT2D eigenvalue weighted by atomic mass is 9.77. The van der Waals surface area contributed by atoms with Crippen molar-refractivity contribution in [2.45, 2.75) is 6.92 Å². The molecule has 10 heteroatoms. The molecule has 28 heavy (non-hydrogen) atoms. The molecule has 1 aromatic carbocycles. The van der Waals surface area contributed by atoms with Crippen LogP contribution in [0.25, 0.3) is 0 Å². The Labute approximate surface area is 160 Å². The second kappa shape index (κ2) is 8.03. The number of nitrogens with zero attached hydrogens (tertiary/aromatic N) is 3. The van der Waals surface area contributed by atoms with E-state index in [9.17, 15) is 19.6 Å². The number of hydrogen-bond acceptors (Lipinski definition) is 7. The van der Waals surface area contributed by atoms with Gasteiger partial charge in [-0.3, -0.25) is 14.6 Å². The minimum Gasteiger partial charge on any atom is -0.436 e. The van der Waals surface area contributed by atoms with Crippen molar-refractivity contribution in [1.29, 1.82) is 0 Å². The molecule has 0 aliphatic rings. The second-order valence-corrected chi connectivity index (χ2v) is 5.97. The van der Waals surface area contributed by atoms with Crippen LogP contribution in [0.2, 0.25) is 0 Å². The van der Waals surface area contributed by atoms with Gasteiger partial charge in [-0.15, -0.1) is 0 Å². The van der Waals surface area contributed by atoms with E-state index in [0.29, 0.717) is 29.3 Å². The Morgan fingerprint density at radius 2 is 2.11 bits per heavy atom. The predicted octanol–water partition coefficient (Wildman–Crippen LogP) is 0.660. The topological polar surface area (TPSA) is 127 Å². The van der Waals surface area contributed by atoms with Gasteiger partial charge in [0.25, 0.3) is 5.91 Å². The van der Waals surface area contributed by atoms with Gasteiger partial charge in [-0.2, -0.15) is 5.10 Å². The number of benzene rings is 1. The van der Waals surface area contributed by atoms with Crippen LogP contribution in [-0.4, -0.2) is 44.1 Å². The zero-order chi connectivity index (χ0) is 20.3. The molecule has 0 aliphatic heterocycles. The van der Waals surface area contributed by atoms with Gasteiger partial charge >= 0.3 is 7.12 Å². The van der Waals surface area contributed by atoms with E-state index in [1.165, 1.54) is 29.1 Å². The van der Waals surface area contributed by atoms with E-state index in [2.05, 4.69) is 15.4 Å². The van der Waals surface area contributed by atoms with Gasteiger partial charge in [0, 0.05) is 24.4 Å². The van der Waals surface area contributed by atoms with Crippen LogP contribution in [0.3, 0.4) is 0 Å². The van der Waals surface area contributed by atoms with E-state index in [0.717, 1.165) is 0 Å². The summed E-state index contributed by atoms with van der Waals surface area (Å²) in [6.45, 7) is 1.72. The lowest BCUT2D eigenvalue weighted by Crippen LogP contribution is -2.33. The van der Waals surface area contributed by atoms with E-state index in [1.807, 2.05) is 0 Å². The Kier molecular flexibility index (Phi) is 5.53. The summed E-state index contributed by atoms with van der Waals surface area (Å²) >= 11 is 0. The van der Waals surface area contributed by atoms with Crippen LogP contribution in [0, 0.1) is 6.92 Å². The number of rotatable bonds is 6. The van der Waals surface area contributed by atoms with E-state index in [4.69, 9.17) is 4.74 Å². The highest BCUT2D eigenvalue weighted by Crippen LogP contribution is 2.31. The van der Waals surface area contributed by atoms with Crippen LogP contribution >= 0.6 is 0 Å². The highest BCUT2D eigenvalue weighted by molar-refractivity contribution is 6.60. The number of hydrogen-bond donors (Lipinski definition) is 3. The third-order valence-corrected chi connectivity index (χ3v) is 4.01. The lowest BCUT2D eigenvalue weighted by Gasteiger charge is -2.11. The van der Waals surface area contributed by atoms with Gasteiger partial charge in [-0.25, -0.2) is 4.68 Å². The van der Waals surface area contributed by atoms with Gasteiger partial charge in [0.2, 0.25) is 5.88 Å². The Balaban J connectivity index is 1.90. The molecule has 1 amide bonds. The van der Waals surface area contributed by atoms with Gasteiger partial charge in [-0.1, -0.05) is 6.07 Å². The number of carbonyl (C=O) groups is 2. The standard InChI is InChI=1S/C18H17BN4O5/c1-11-16(18(23(2)22-11)28-14-4-3-7-20-9-14)21-17(25)12-5-6-15(19(26)27)13(8-12)10-24/h3-10,26-27H,1-2H3,(H,21,25). The van der Waals surface area contributed by atoms with Crippen LogP contribution in [-0.2, 0) is 7.05 Å². The maximum atomic E-state index is 12.7. The van der Waals surface area contributed by atoms with Crippen LogP contribution in [0.1, 0.15) is 26.4 Å². The largest absolute Gasteiger partial charge is 0.489 e. The molecule has 0 saturated carbocycles. The smallest absolute Gasteiger partial charge is 0.436 e. The van der Waals surface area contributed by atoms with E-state index in [1.54, 1.807) is 32.3 Å². The summed E-state index contributed by atoms with van der Waals surface area (Å²) < 4.78 is 7.28. The summed E-state index contributed by atoms with van der Waals surface area (Å²) in [5.74, 6) is 0.289. The number of aromatic nitrogens is 3. The lowest BCUT2D eigenvalue weighted by molar-refractivity contribution is 0.102. The van der Waals surface area contributed by atoms with Gasteiger partial charge < -0.3 is 20.1 Å². The number of carbonyl (C=O) groups excluding carboxylic acids is 2. The molecular formula is C18H17BN4O5. The molecule has 3 rings (SSSR count). The zero-order valence-corrected chi connectivity index (χ0v) is 15.2. The fourth-order valence-electron chi connectivity index (χ4n) is 2.66. The first-order valence-corrected chi connectivity index (χ1v) is 8.28. The summed E-state index contributed by atoms with van der Waals surface area (Å²) in [6, 6.07) is 7.42. The van der Waals surface area contributed by atoms with Crippen LogP contribution in [0.4, 0.5) is 5.69 Å². The third kappa shape index (κ3) is 3.92. The Morgan fingerprint density at radius 1 is 1.32 bits per heavy atom. The maximum Gasteiger partial charge on any atom is 0.489 e. The fraction of sp³-hybridized carbons (Fsp3) is 0.111. The zero-order valence-electron chi connectivity index (χ0n) is 15.2. The molecule has 2 aromatic heterocycles. The van der Waals surface area contributed by atoms with Crippen molar-refractivity contribution in [1.82, 2.24) is 14.8 Å². The van der Waals surface area contributed by atoms with Crippen molar-refractivity contribution < 1.29 is 24.4 Å². The molecule has 3 N–H and O–H groups in total. The highest BCUT2D eigenvalue weighted by Gasteiger charge is 2.21. The molecule has 0 atom stereocenters. The third-order valence-electron chi connectivity index (χ3n) is 4.01. The normalized spacial score (nSPS) is 10.4. The average Bonchev–Trinajstić information content (AvgIpc) is 2.95. The number of nitrogens with one attached hydrogen (secondary N) is 1. The van der Waals surface area contributed by atoms with Gasteiger partial charge in [0.15, 0.2) is 0 Å². The predicted molar refractivity (Wildman–Crippen MR) is 102 cm³/mol. The number of pyridine rings is 1. The van der Waals surface area contributed by atoms with Crippen LogP contribution in [0.5, 0.6) is 11.6 Å². The molecule has 0 unspecified atom stereocenters. The quantitative estimate of drug-likeness (QED) is 0.424. The Bertz CT molecular complexity index is 1020. The molecule has 0 spiro atoms. The average molecular weight is 380 g/mol. The Hall–Kier alpha value is -3.50. The number of aryl methyl sites for hydroxylation is 2. The summed E-state index contributed by atoms with van der Waals surface area (Å²) in [7, 11) is -0.131. The monoisotopic (exact) mass is 380 g/mol. The van der Waals surface area contributed by atoms with Crippen molar-refractivity contribution in [3.05, 3.63) is 59.5 Å². The highest BCUT2D eigenvalue weighted by atomic mass is 16.5. The summed E-state index contributed by atoms with van der Waals surface area (Å²) in [6.07, 6.45) is 3.60. The number of amides is 1. The second-order valence-electron chi connectivity index (χ2n) is 5.97. The van der Waals surface area contributed by atoms with Gasteiger partial charge in [0.1, 0.15) is 17.7 Å². The van der Waals surface area contributed by atoms with Gasteiger partial charge in [0.05, 0.1) is 11.9 Å². The molecule has 0 fully saturated rings. The van der Waals surface area contributed by atoms with E-state index in [-0.39, 0.29) is 16.6 Å². The number of aldehydes is 1. The number of ether oxygens (including phenoxy) is 1. The molecule has 0 bridgehead atoms. The first-order chi connectivity index (χ1) is 13.4. The molecule has 142 valence electrons. The molecule has 0 radical (unpaired) electrons. The summed E-state index contributed by atoms with van der Waals surface area (Å²) in [5.41, 5.74) is 1.10. The maximum absolute atomic E-state index is 12.7. The van der Waals surface area contributed by atoms with E-state index < -0.39 is 13.0 Å². The van der Waals surface area contributed by atoms with Crippen molar-refractivity contribution in [3.8, 4) is 11.6 Å².